The largest absolute Gasteiger partial charge is 0.481 e. The second-order valence-corrected chi connectivity index (χ2v) is 10.0. The van der Waals surface area contributed by atoms with E-state index in [0.29, 0.717) is 44.4 Å². The van der Waals surface area contributed by atoms with Gasteiger partial charge in [-0.15, -0.1) is 0 Å². The van der Waals surface area contributed by atoms with E-state index in [1.807, 2.05) is 28.0 Å². The molecule has 4 heterocycles. The van der Waals surface area contributed by atoms with Gasteiger partial charge in [0.1, 0.15) is 5.76 Å². The van der Waals surface area contributed by atoms with Crippen LogP contribution in [0.15, 0.2) is 47.0 Å². The summed E-state index contributed by atoms with van der Waals surface area (Å²) in [4.78, 5) is 34.5. The summed E-state index contributed by atoms with van der Waals surface area (Å²) in [6.45, 7) is 2.87. The van der Waals surface area contributed by atoms with Crippen molar-refractivity contribution in [3.8, 4) is 0 Å². The first-order chi connectivity index (χ1) is 17.0. The number of pyridine rings is 1. The molecule has 2 saturated heterocycles. The zero-order valence-corrected chi connectivity index (χ0v) is 19.7. The second-order valence-electron chi connectivity index (χ2n) is 10.0. The van der Waals surface area contributed by atoms with Crippen LogP contribution in [0.3, 0.4) is 0 Å². The third-order valence-corrected chi connectivity index (χ3v) is 7.67. The van der Waals surface area contributed by atoms with E-state index in [1.165, 1.54) is 37.7 Å². The standard InChI is InChI=1S/C27H30N4O4/c32-26(33)21-15-29(16-21)17-24-13-20-12-23(14-28-25(20)35-24)31-10-9-30(27(31)34)22-8-4-7-19(11-22)18-5-2-1-3-6-18/h4,7-8,11-14,18,21H,1-3,5-6,9-10,15-17H2,(H,32,33). The Hall–Kier alpha value is -3.39. The zero-order chi connectivity index (χ0) is 23.9. The summed E-state index contributed by atoms with van der Waals surface area (Å²) in [5.41, 5.74) is 3.60. The fourth-order valence-corrected chi connectivity index (χ4v) is 5.67. The van der Waals surface area contributed by atoms with Gasteiger partial charge < -0.3 is 9.52 Å². The highest BCUT2D eigenvalue weighted by molar-refractivity contribution is 6.06. The van der Waals surface area contributed by atoms with Gasteiger partial charge in [-0.1, -0.05) is 31.4 Å². The normalized spacial score (nSPS) is 20.1. The minimum Gasteiger partial charge on any atom is -0.481 e. The van der Waals surface area contributed by atoms with Crippen molar-refractivity contribution in [1.82, 2.24) is 9.88 Å². The number of rotatable bonds is 6. The molecule has 2 aliphatic heterocycles. The van der Waals surface area contributed by atoms with Crippen LogP contribution in [0.25, 0.3) is 11.1 Å². The third kappa shape index (κ3) is 4.27. The molecule has 1 aliphatic carbocycles. The predicted octanol–water partition coefficient (Wildman–Crippen LogP) is 4.84. The zero-order valence-electron chi connectivity index (χ0n) is 19.7. The number of amides is 2. The number of fused-ring (bicyclic) bond motifs is 1. The predicted molar refractivity (Wildman–Crippen MR) is 133 cm³/mol. The Labute approximate surface area is 204 Å². The van der Waals surface area contributed by atoms with Gasteiger partial charge in [0.05, 0.1) is 24.3 Å². The second kappa shape index (κ2) is 9.00. The molecule has 0 bridgehead atoms. The van der Waals surface area contributed by atoms with Crippen LogP contribution in [0.5, 0.6) is 0 Å². The number of carboxylic acids is 1. The molecule has 8 nitrogen and oxygen atoms in total. The molecule has 182 valence electrons. The van der Waals surface area contributed by atoms with Crippen LogP contribution in [0.4, 0.5) is 16.2 Å². The molecule has 0 spiro atoms. The highest BCUT2D eigenvalue weighted by Gasteiger charge is 2.34. The Morgan fingerprint density at radius 2 is 1.80 bits per heavy atom. The number of aliphatic carboxylic acids is 1. The Morgan fingerprint density at radius 1 is 1.03 bits per heavy atom. The van der Waals surface area contributed by atoms with E-state index in [2.05, 4.69) is 23.2 Å². The van der Waals surface area contributed by atoms with Gasteiger partial charge in [0.2, 0.25) is 5.71 Å². The number of carboxylic acid groups (broad SMARTS) is 1. The SMILES string of the molecule is O=C(O)C1CN(Cc2cc3cc(N4CCN(c5cccc(C6CCCCC6)c5)C4=O)cnc3o2)C1. The summed E-state index contributed by atoms with van der Waals surface area (Å²) >= 11 is 0. The number of hydrogen-bond acceptors (Lipinski definition) is 5. The van der Waals surface area contributed by atoms with Crippen LogP contribution in [0.1, 0.15) is 49.3 Å². The summed E-state index contributed by atoms with van der Waals surface area (Å²) in [6.07, 6.45) is 8.07. The lowest BCUT2D eigenvalue weighted by atomic mass is 9.84. The summed E-state index contributed by atoms with van der Waals surface area (Å²) in [5, 5.41) is 9.90. The highest BCUT2D eigenvalue weighted by Crippen LogP contribution is 2.35. The maximum Gasteiger partial charge on any atom is 0.329 e. The maximum absolute atomic E-state index is 13.4. The Balaban J connectivity index is 1.16. The number of benzene rings is 1. The van der Waals surface area contributed by atoms with Crippen molar-refractivity contribution in [1.29, 1.82) is 0 Å². The molecule has 0 atom stereocenters. The smallest absolute Gasteiger partial charge is 0.329 e. The van der Waals surface area contributed by atoms with Gasteiger partial charge >= 0.3 is 12.0 Å². The molecule has 1 aromatic carbocycles. The molecule has 8 heteroatoms. The lowest BCUT2D eigenvalue weighted by Crippen LogP contribution is -2.49. The van der Waals surface area contributed by atoms with Crippen molar-refractivity contribution in [2.24, 2.45) is 5.92 Å². The number of furan rings is 1. The van der Waals surface area contributed by atoms with Gasteiger partial charge in [0.15, 0.2) is 0 Å². The number of urea groups is 1. The first-order valence-corrected chi connectivity index (χ1v) is 12.6. The summed E-state index contributed by atoms with van der Waals surface area (Å²) in [5.74, 6) is 0.312. The van der Waals surface area contributed by atoms with E-state index in [0.717, 1.165) is 22.5 Å². The van der Waals surface area contributed by atoms with Crippen LogP contribution in [0.2, 0.25) is 0 Å². The van der Waals surface area contributed by atoms with Gasteiger partial charge in [-0.25, -0.2) is 9.78 Å². The first kappa shape index (κ1) is 22.1. The van der Waals surface area contributed by atoms with Crippen LogP contribution in [0, 0.1) is 5.92 Å². The van der Waals surface area contributed by atoms with E-state index in [9.17, 15) is 9.59 Å². The lowest BCUT2D eigenvalue weighted by Gasteiger charge is -2.35. The average molecular weight is 475 g/mol. The van der Waals surface area contributed by atoms with E-state index in [1.54, 1.807) is 11.1 Å². The maximum atomic E-state index is 13.4. The molecular formula is C27H30N4O4. The molecule has 2 amide bonds. The van der Waals surface area contributed by atoms with Crippen LogP contribution in [-0.4, -0.2) is 53.2 Å². The minimum atomic E-state index is -0.748. The summed E-state index contributed by atoms with van der Waals surface area (Å²) in [6, 6.07) is 12.4. The topological polar surface area (TPSA) is 90.1 Å². The fraction of sp³-hybridized carbons (Fsp3) is 0.444. The van der Waals surface area contributed by atoms with E-state index >= 15 is 0 Å². The molecule has 35 heavy (non-hydrogen) atoms. The van der Waals surface area contributed by atoms with Gasteiger partial charge in [0.25, 0.3) is 0 Å². The number of nitrogens with zero attached hydrogens (tertiary/aromatic N) is 4. The molecule has 0 unspecified atom stereocenters. The quantitative estimate of drug-likeness (QED) is 0.550. The van der Waals surface area contributed by atoms with E-state index in [-0.39, 0.29) is 11.9 Å². The number of hydrogen-bond donors (Lipinski definition) is 1. The molecule has 6 rings (SSSR count). The van der Waals surface area contributed by atoms with Crippen molar-refractivity contribution in [2.75, 3.05) is 36.0 Å². The Morgan fingerprint density at radius 3 is 2.57 bits per heavy atom. The number of anilines is 2. The van der Waals surface area contributed by atoms with Crippen molar-refractivity contribution in [3.63, 3.8) is 0 Å². The Bertz CT molecular complexity index is 1260. The van der Waals surface area contributed by atoms with Crippen molar-refractivity contribution in [2.45, 2.75) is 44.6 Å². The van der Waals surface area contributed by atoms with Gasteiger partial charge in [0, 0.05) is 37.3 Å². The van der Waals surface area contributed by atoms with Gasteiger partial charge in [-0.2, -0.15) is 0 Å². The molecule has 1 N–H and O–H groups in total. The van der Waals surface area contributed by atoms with Crippen molar-refractivity contribution in [3.05, 3.63) is 53.9 Å². The summed E-state index contributed by atoms with van der Waals surface area (Å²) < 4.78 is 5.86. The van der Waals surface area contributed by atoms with Crippen molar-refractivity contribution < 1.29 is 19.1 Å². The van der Waals surface area contributed by atoms with Crippen LogP contribution in [-0.2, 0) is 11.3 Å². The third-order valence-electron chi connectivity index (χ3n) is 7.67. The van der Waals surface area contributed by atoms with E-state index < -0.39 is 5.97 Å². The van der Waals surface area contributed by atoms with Gasteiger partial charge in [-0.05, 0) is 48.6 Å². The van der Waals surface area contributed by atoms with Gasteiger partial charge in [-0.3, -0.25) is 19.5 Å². The number of carbonyl (C=O) groups excluding carboxylic acids is 1. The summed E-state index contributed by atoms with van der Waals surface area (Å²) in [7, 11) is 0. The fourth-order valence-electron chi connectivity index (χ4n) is 5.67. The van der Waals surface area contributed by atoms with Crippen LogP contribution >= 0.6 is 0 Å². The minimum absolute atomic E-state index is 0.0315. The number of carbonyl (C=O) groups is 2. The number of aromatic nitrogens is 1. The van der Waals surface area contributed by atoms with E-state index in [4.69, 9.17) is 9.52 Å². The lowest BCUT2D eigenvalue weighted by molar-refractivity contribution is -0.147. The molecule has 3 aliphatic rings. The monoisotopic (exact) mass is 474 g/mol. The molecule has 0 radical (unpaired) electrons. The van der Waals surface area contributed by atoms with Crippen molar-refractivity contribution >= 4 is 34.5 Å². The molecule has 3 fully saturated rings. The Kier molecular flexibility index (Phi) is 5.68. The highest BCUT2D eigenvalue weighted by atomic mass is 16.4. The molecule has 3 aromatic rings. The molecule has 2 aromatic heterocycles. The van der Waals surface area contributed by atoms with Crippen LogP contribution < -0.4 is 9.80 Å². The molecule has 1 saturated carbocycles. The number of likely N-dealkylation sites (tertiary alicyclic amines) is 1. The first-order valence-electron chi connectivity index (χ1n) is 12.6. The molecular weight excluding hydrogens is 444 g/mol. The average Bonchev–Trinajstić information content (AvgIpc) is 3.43.